The van der Waals surface area contributed by atoms with E-state index in [1.54, 1.807) is 12.4 Å². The molecule has 1 aliphatic heterocycles. The van der Waals surface area contributed by atoms with Crippen molar-refractivity contribution < 1.29 is 5.11 Å². The molecule has 1 aromatic heterocycles. The summed E-state index contributed by atoms with van der Waals surface area (Å²) >= 11 is 0. The van der Waals surface area contributed by atoms with Gasteiger partial charge in [-0.3, -0.25) is 9.98 Å². The van der Waals surface area contributed by atoms with Crippen LogP contribution >= 0.6 is 0 Å². The molecule has 0 amide bonds. The fourth-order valence-electron chi connectivity index (χ4n) is 4.48. The second-order valence-electron chi connectivity index (χ2n) is 9.14. The molecule has 0 spiro atoms. The number of rotatable bonds is 9. The van der Waals surface area contributed by atoms with Crippen molar-refractivity contribution in [1.82, 2.24) is 9.97 Å². The highest BCUT2D eigenvalue weighted by molar-refractivity contribution is 6.09. The van der Waals surface area contributed by atoms with E-state index in [9.17, 15) is 5.11 Å². The number of aliphatic hydroxyl groups excluding tert-OH is 1. The second-order valence-corrected chi connectivity index (χ2v) is 9.14. The summed E-state index contributed by atoms with van der Waals surface area (Å²) in [6.07, 6.45) is 12.9. The van der Waals surface area contributed by atoms with Gasteiger partial charge >= 0.3 is 0 Å². The summed E-state index contributed by atoms with van der Waals surface area (Å²) in [5, 5.41) is 9.72. The highest BCUT2D eigenvalue weighted by atomic mass is 16.3. The molecule has 0 bridgehead atoms. The van der Waals surface area contributed by atoms with Crippen molar-refractivity contribution >= 4 is 23.3 Å². The third kappa shape index (κ3) is 6.36. The normalized spacial score (nSPS) is 14.5. The Kier molecular flexibility index (Phi) is 8.45. The molecule has 1 aliphatic rings. The maximum absolute atomic E-state index is 9.72. The molecule has 0 atom stereocenters. The number of para-hydroxylation sites is 1. The van der Waals surface area contributed by atoms with Gasteiger partial charge in [0.1, 0.15) is 0 Å². The zero-order valence-corrected chi connectivity index (χ0v) is 21.0. The van der Waals surface area contributed by atoms with Crippen molar-refractivity contribution in [1.29, 1.82) is 0 Å². The number of nitrogens with zero attached hydrogens (tertiary/aromatic N) is 4. The quantitative estimate of drug-likeness (QED) is 0.207. The highest BCUT2D eigenvalue weighted by Gasteiger charge is 2.23. The van der Waals surface area contributed by atoms with Gasteiger partial charge in [-0.05, 0) is 54.5 Å². The molecule has 184 valence electrons. The third-order valence-corrected chi connectivity index (χ3v) is 6.64. The zero-order chi connectivity index (χ0) is 25.3. The van der Waals surface area contributed by atoms with Crippen LogP contribution in [0.15, 0.2) is 97.0 Å². The molecule has 4 rings (SSSR count). The summed E-state index contributed by atoms with van der Waals surface area (Å²) in [4.78, 5) is 16.2. The van der Waals surface area contributed by atoms with Crippen LogP contribution in [0.1, 0.15) is 42.1 Å². The molecule has 36 heavy (non-hydrogen) atoms. The molecular weight excluding hydrogens is 444 g/mol. The summed E-state index contributed by atoms with van der Waals surface area (Å²) in [6.45, 7) is 11.6. The number of aliphatic imine (C=N–C) groups is 1. The van der Waals surface area contributed by atoms with E-state index in [-0.39, 0.29) is 5.92 Å². The first kappa shape index (κ1) is 25.1. The average Bonchev–Trinajstić information content (AvgIpc) is 2.92. The molecule has 0 radical (unpaired) electrons. The van der Waals surface area contributed by atoms with Crippen LogP contribution in [0.3, 0.4) is 0 Å². The molecule has 1 fully saturated rings. The first-order chi connectivity index (χ1) is 17.5. The Balaban J connectivity index is 1.42. The van der Waals surface area contributed by atoms with Crippen LogP contribution in [0.5, 0.6) is 0 Å². The predicted octanol–water partition coefficient (Wildman–Crippen LogP) is 6.89. The van der Waals surface area contributed by atoms with E-state index < -0.39 is 0 Å². The molecule has 2 heterocycles. The first-order valence-electron chi connectivity index (χ1n) is 12.5. The number of hydrogen-bond acceptors (Lipinski definition) is 5. The summed E-state index contributed by atoms with van der Waals surface area (Å²) < 4.78 is 0. The minimum Gasteiger partial charge on any atom is -0.513 e. The van der Waals surface area contributed by atoms with Gasteiger partial charge in [-0.2, -0.15) is 0 Å². The monoisotopic (exact) mass is 478 g/mol. The summed E-state index contributed by atoms with van der Waals surface area (Å²) in [6, 6.07) is 16.6. The van der Waals surface area contributed by atoms with Crippen LogP contribution in [-0.2, 0) is 12.8 Å². The summed E-state index contributed by atoms with van der Waals surface area (Å²) in [5.74, 6) is 1.39. The van der Waals surface area contributed by atoms with Crippen LogP contribution in [-0.4, -0.2) is 34.4 Å². The molecule has 3 aromatic rings. The second kappa shape index (κ2) is 12.1. The van der Waals surface area contributed by atoms with Crippen LogP contribution in [0.25, 0.3) is 5.57 Å². The molecular formula is C31H34N4O. The van der Waals surface area contributed by atoms with Gasteiger partial charge in [0.25, 0.3) is 0 Å². The Hall–Kier alpha value is -3.99. The summed E-state index contributed by atoms with van der Waals surface area (Å²) in [5.41, 5.74) is 6.21. The molecule has 1 saturated heterocycles. The Morgan fingerprint density at radius 2 is 1.78 bits per heavy atom. The third-order valence-electron chi connectivity index (χ3n) is 6.64. The SMILES string of the molecule is C=C(/C=N/c1ccccc1C/C=C/C)c1ccc(Cc2nccnc2N2CCC(C(=C)O)CC2)cc1. The average molecular weight is 479 g/mol. The van der Waals surface area contributed by atoms with E-state index in [0.29, 0.717) is 12.2 Å². The van der Waals surface area contributed by atoms with E-state index in [0.717, 1.165) is 60.7 Å². The lowest BCUT2D eigenvalue weighted by molar-refractivity contribution is 0.297. The molecule has 1 N–H and O–H groups in total. The maximum atomic E-state index is 9.72. The van der Waals surface area contributed by atoms with Crippen molar-refractivity contribution in [3.63, 3.8) is 0 Å². The number of anilines is 1. The fourth-order valence-corrected chi connectivity index (χ4v) is 4.48. The molecule has 2 aromatic carbocycles. The number of allylic oxidation sites excluding steroid dienone is 4. The van der Waals surface area contributed by atoms with Crippen LogP contribution in [0.4, 0.5) is 11.5 Å². The predicted molar refractivity (Wildman–Crippen MR) is 150 cm³/mol. The fraction of sp³-hybridized carbons (Fsp3) is 0.258. The Morgan fingerprint density at radius 1 is 1.06 bits per heavy atom. The Morgan fingerprint density at radius 3 is 2.50 bits per heavy atom. The minimum atomic E-state index is 0.173. The van der Waals surface area contributed by atoms with Crippen LogP contribution < -0.4 is 4.90 Å². The van der Waals surface area contributed by atoms with Gasteiger partial charge in [-0.1, -0.05) is 67.8 Å². The molecule has 0 unspecified atom stereocenters. The standard InChI is InChI=1S/C31H34N4O/c1-4-5-8-28-9-6-7-10-29(28)34-22-23(2)26-13-11-25(12-14-26)21-30-31(33-18-17-32-30)35-19-15-27(16-20-35)24(3)36/h4-7,9-14,17-18,22,27,36H,2-3,8,15-16,19-21H2,1H3/b5-4+,34-22+. The molecule has 5 nitrogen and oxygen atoms in total. The lowest BCUT2D eigenvalue weighted by Gasteiger charge is -2.33. The number of benzene rings is 2. The molecule has 0 saturated carbocycles. The van der Waals surface area contributed by atoms with Gasteiger partial charge in [0.2, 0.25) is 0 Å². The minimum absolute atomic E-state index is 0.173. The van der Waals surface area contributed by atoms with Crippen molar-refractivity contribution in [2.45, 2.75) is 32.6 Å². The van der Waals surface area contributed by atoms with E-state index >= 15 is 0 Å². The molecule has 5 heteroatoms. The maximum Gasteiger partial charge on any atom is 0.150 e. The van der Waals surface area contributed by atoms with E-state index in [1.807, 2.05) is 31.3 Å². The van der Waals surface area contributed by atoms with Gasteiger partial charge in [0, 0.05) is 44.0 Å². The van der Waals surface area contributed by atoms with Gasteiger partial charge in [0.05, 0.1) is 17.1 Å². The topological polar surface area (TPSA) is 61.6 Å². The highest BCUT2D eigenvalue weighted by Crippen LogP contribution is 2.27. The number of hydrogen-bond donors (Lipinski definition) is 1. The van der Waals surface area contributed by atoms with E-state index in [4.69, 9.17) is 4.99 Å². The Labute approximate surface area is 214 Å². The zero-order valence-electron chi connectivity index (χ0n) is 21.0. The number of aromatic nitrogens is 2. The van der Waals surface area contributed by atoms with Gasteiger partial charge in [0.15, 0.2) is 5.82 Å². The number of aliphatic hydroxyl groups is 1. The van der Waals surface area contributed by atoms with Gasteiger partial charge < -0.3 is 10.0 Å². The smallest absolute Gasteiger partial charge is 0.150 e. The van der Waals surface area contributed by atoms with Gasteiger partial charge in [-0.15, -0.1) is 0 Å². The Bertz CT molecular complexity index is 1250. The lowest BCUT2D eigenvalue weighted by Crippen LogP contribution is -2.35. The van der Waals surface area contributed by atoms with E-state index in [2.05, 4.69) is 70.5 Å². The summed E-state index contributed by atoms with van der Waals surface area (Å²) in [7, 11) is 0. The van der Waals surface area contributed by atoms with Crippen molar-refractivity contribution in [2.24, 2.45) is 10.9 Å². The van der Waals surface area contributed by atoms with Crippen LogP contribution in [0, 0.1) is 5.92 Å². The van der Waals surface area contributed by atoms with E-state index in [1.165, 1.54) is 11.1 Å². The first-order valence-corrected chi connectivity index (χ1v) is 12.5. The van der Waals surface area contributed by atoms with Crippen molar-refractivity contribution in [3.8, 4) is 0 Å². The van der Waals surface area contributed by atoms with Crippen molar-refractivity contribution in [3.05, 3.63) is 114 Å². The van der Waals surface area contributed by atoms with Crippen LogP contribution in [0.2, 0.25) is 0 Å². The molecule has 0 aliphatic carbocycles. The van der Waals surface area contributed by atoms with Crippen molar-refractivity contribution in [2.75, 3.05) is 18.0 Å². The largest absolute Gasteiger partial charge is 0.513 e. The number of piperidine rings is 1. The lowest BCUT2D eigenvalue weighted by atomic mass is 9.95. The van der Waals surface area contributed by atoms with Gasteiger partial charge in [-0.25, -0.2) is 4.98 Å².